The highest BCUT2D eigenvalue weighted by Crippen LogP contribution is 2.20. The van der Waals surface area contributed by atoms with Gasteiger partial charge in [-0.2, -0.15) is 10.2 Å². The first-order valence-electron chi connectivity index (χ1n) is 12.0. The minimum Gasteiger partial charge on any atom is -0.381 e. The topological polar surface area (TPSA) is 142 Å². The van der Waals surface area contributed by atoms with E-state index in [4.69, 9.17) is 10.8 Å². The van der Waals surface area contributed by atoms with Crippen molar-refractivity contribution >= 4 is 22.9 Å². The Hall–Kier alpha value is -5.70. The maximum absolute atomic E-state index is 14.0. The molecule has 5 heterocycles. The van der Waals surface area contributed by atoms with Gasteiger partial charge in [-0.05, 0) is 43.2 Å². The number of fused-ring (bicyclic) bond motifs is 2. The van der Waals surface area contributed by atoms with E-state index < -0.39 is 11.9 Å². The van der Waals surface area contributed by atoms with Gasteiger partial charge in [0.05, 0.1) is 17.3 Å². The molecule has 0 fully saturated rings. The average molecular weight is 519 g/mol. The number of hydrogen-bond acceptors (Lipinski definition) is 7. The maximum Gasteiger partial charge on any atom is 0.283 e. The van der Waals surface area contributed by atoms with Crippen molar-refractivity contribution in [3.8, 4) is 17.5 Å². The molecule has 0 saturated carbocycles. The smallest absolute Gasteiger partial charge is 0.283 e. The van der Waals surface area contributed by atoms with E-state index in [2.05, 4.69) is 32.3 Å². The molecule has 1 amide bonds. The molecule has 192 valence electrons. The summed E-state index contributed by atoms with van der Waals surface area (Å²) in [6.45, 7) is 1.74. The molecular weight excluding hydrogens is 496 g/mol. The standard InChI is InChI=1S/C27H22N10O2/c1-17(30-26(38)21-23(28)32-36-14-6-13-29-25(21)36)24-33-35-16-11-18(9-10-19-12-15-34(2)31-19)22(35)27(39)37(24)20-7-4-3-5-8-20/h3-8,11-17H,1-2H3,(H2,28,32)(H,30,38)/t17-/m0/s1. The molecule has 6 aromatic rings. The number of nitrogen functional groups attached to an aromatic ring is 1. The van der Waals surface area contributed by atoms with Gasteiger partial charge in [0.25, 0.3) is 11.5 Å². The minimum atomic E-state index is -0.696. The third kappa shape index (κ3) is 4.17. The second kappa shape index (κ2) is 9.31. The predicted octanol–water partition coefficient (Wildman–Crippen LogP) is 1.73. The molecular formula is C27H22N10O2. The molecule has 1 aromatic carbocycles. The fourth-order valence-electron chi connectivity index (χ4n) is 4.36. The fourth-order valence-corrected chi connectivity index (χ4v) is 4.36. The van der Waals surface area contributed by atoms with Crippen LogP contribution in [0.5, 0.6) is 0 Å². The Kier molecular flexibility index (Phi) is 5.65. The monoisotopic (exact) mass is 518 g/mol. The number of nitrogens with one attached hydrogen (secondary N) is 1. The molecule has 39 heavy (non-hydrogen) atoms. The largest absolute Gasteiger partial charge is 0.381 e. The van der Waals surface area contributed by atoms with E-state index in [-0.39, 0.29) is 16.9 Å². The lowest BCUT2D eigenvalue weighted by Crippen LogP contribution is -2.34. The second-order valence-corrected chi connectivity index (χ2v) is 8.82. The van der Waals surface area contributed by atoms with Gasteiger partial charge in [-0.25, -0.2) is 14.0 Å². The molecule has 0 bridgehead atoms. The first-order chi connectivity index (χ1) is 18.9. The Morgan fingerprint density at radius 1 is 0.974 bits per heavy atom. The van der Waals surface area contributed by atoms with E-state index in [1.165, 1.54) is 13.6 Å². The number of anilines is 1. The minimum absolute atomic E-state index is 0.0452. The molecule has 12 nitrogen and oxygen atoms in total. The van der Waals surface area contributed by atoms with Crippen LogP contribution in [-0.4, -0.2) is 44.5 Å². The molecule has 1 atom stereocenters. The van der Waals surface area contributed by atoms with Gasteiger partial charge in [-0.1, -0.05) is 24.1 Å². The van der Waals surface area contributed by atoms with Gasteiger partial charge in [0.15, 0.2) is 17.3 Å². The molecule has 12 heteroatoms. The fraction of sp³-hybridized carbons (Fsp3) is 0.111. The van der Waals surface area contributed by atoms with Crippen LogP contribution in [0.1, 0.15) is 40.4 Å². The summed E-state index contributed by atoms with van der Waals surface area (Å²) in [6, 6.07) is 13.6. The number of hydrogen-bond donors (Lipinski definition) is 2. The van der Waals surface area contributed by atoms with Crippen LogP contribution in [0.25, 0.3) is 16.9 Å². The lowest BCUT2D eigenvalue weighted by molar-refractivity contribution is 0.0940. The number of benzene rings is 1. The van der Waals surface area contributed by atoms with Gasteiger partial charge < -0.3 is 11.1 Å². The number of aromatic nitrogens is 8. The van der Waals surface area contributed by atoms with E-state index in [1.54, 1.807) is 66.7 Å². The zero-order valence-corrected chi connectivity index (χ0v) is 21.0. The summed E-state index contributed by atoms with van der Waals surface area (Å²) in [5.74, 6) is 5.90. The van der Waals surface area contributed by atoms with Gasteiger partial charge in [0.1, 0.15) is 16.8 Å². The van der Waals surface area contributed by atoms with Crippen molar-refractivity contribution in [2.75, 3.05) is 5.73 Å². The summed E-state index contributed by atoms with van der Waals surface area (Å²) in [5, 5.41) is 16.0. The summed E-state index contributed by atoms with van der Waals surface area (Å²) >= 11 is 0. The van der Waals surface area contributed by atoms with E-state index in [0.29, 0.717) is 33.9 Å². The molecule has 6 rings (SSSR count). The van der Waals surface area contributed by atoms with E-state index in [0.717, 1.165) is 0 Å². The summed E-state index contributed by atoms with van der Waals surface area (Å²) < 4.78 is 6.05. The van der Waals surface area contributed by atoms with Crippen molar-refractivity contribution in [2.24, 2.45) is 7.05 Å². The van der Waals surface area contributed by atoms with Crippen LogP contribution < -0.4 is 16.6 Å². The molecule has 3 N–H and O–H groups in total. The van der Waals surface area contributed by atoms with E-state index >= 15 is 0 Å². The number of amides is 1. The van der Waals surface area contributed by atoms with E-state index in [1.807, 2.05) is 25.2 Å². The summed E-state index contributed by atoms with van der Waals surface area (Å²) in [5.41, 5.74) is 8.17. The number of carbonyl (C=O) groups is 1. The Morgan fingerprint density at radius 3 is 2.56 bits per heavy atom. The number of aryl methyl sites for hydroxylation is 1. The number of nitrogens with two attached hydrogens (primary N) is 1. The average Bonchev–Trinajstić information content (AvgIpc) is 3.63. The van der Waals surface area contributed by atoms with Gasteiger partial charge in [-0.3, -0.25) is 18.8 Å². The summed E-state index contributed by atoms with van der Waals surface area (Å²) in [4.78, 5) is 31.5. The van der Waals surface area contributed by atoms with Gasteiger partial charge in [0.2, 0.25) is 0 Å². The van der Waals surface area contributed by atoms with Crippen LogP contribution in [0.3, 0.4) is 0 Å². The lowest BCUT2D eigenvalue weighted by atomic mass is 10.2. The van der Waals surface area contributed by atoms with Crippen LogP contribution in [-0.2, 0) is 7.05 Å². The highest BCUT2D eigenvalue weighted by molar-refractivity contribution is 6.04. The van der Waals surface area contributed by atoms with Crippen molar-refractivity contribution in [3.63, 3.8) is 0 Å². The quantitative estimate of drug-likeness (QED) is 0.339. The zero-order valence-electron chi connectivity index (χ0n) is 21.0. The molecule has 0 unspecified atom stereocenters. The van der Waals surface area contributed by atoms with Crippen LogP contribution in [0, 0.1) is 11.8 Å². The van der Waals surface area contributed by atoms with Crippen LogP contribution in [0.15, 0.2) is 78.1 Å². The maximum atomic E-state index is 14.0. The van der Waals surface area contributed by atoms with Crippen molar-refractivity contribution in [2.45, 2.75) is 13.0 Å². The molecule has 0 radical (unpaired) electrons. The number of nitrogens with zero attached hydrogens (tertiary/aromatic N) is 8. The van der Waals surface area contributed by atoms with Crippen LogP contribution >= 0.6 is 0 Å². The Labute approximate surface area is 221 Å². The molecule has 0 aliphatic heterocycles. The Balaban J connectivity index is 1.45. The first-order valence-corrected chi connectivity index (χ1v) is 12.0. The molecule has 5 aromatic heterocycles. The van der Waals surface area contributed by atoms with Crippen molar-refractivity contribution in [1.29, 1.82) is 0 Å². The Bertz CT molecular complexity index is 1990. The van der Waals surface area contributed by atoms with Gasteiger partial charge >= 0.3 is 0 Å². The Morgan fingerprint density at radius 2 is 1.79 bits per heavy atom. The molecule has 0 aliphatic rings. The summed E-state index contributed by atoms with van der Waals surface area (Å²) in [6.07, 6.45) is 6.67. The SMILES string of the molecule is C[C@H](NC(=O)c1c(N)nn2cccnc12)c1nn2ccc(C#Cc3ccn(C)n3)c2c(=O)n1-c1ccccc1. The highest BCUT2D eigenvalue weighted by atomic mass is 16.2. The third-order valence-corrected chi connectivity index (χ3v) is 6.15. The van der Waals surface area contributed by atoms with Crippen molar-refractivity contribution in [3.05, 3.63) is 106 Å². The van der Waals surface area contributed by atoms with Gasteiger partial charge in [0, 0.05) is 31.8 Å². The normalized spacial score (nSPS) is 11.8. The number of rotatable bonds is 4. The second-order valence-electron chi connectivity index (χ2n) is 8.82. The van der Waals surface area contributed by atoms with Crippen LogP contribution in [0.2, 0.25) is 0 Å². The number of carbonyl (C=O) groups excluding carboxylic acids is 1. The van der Waals surface area contributed by atoms with E-state index in [9.17, 15) is 9.59 Å². The molecule has 0 aliphatic carbocycles. The third-order valence-electron chi connectivity index (χ3n) is 6.15. The molecule has 0 spiro atoms. The van der Waals surface area contributed by atoms with Crippen molar-refractivity contribution in [1.82, 2.24) is 43.9 Å². The van der Waals surface area contributed by atoms with Crippen LogP contribution in [0.4, 0.5) is 5.82 Å². The molecule has 0 saturated heterocycles. The van der Waals surface area contributed by atoms with Crippen molar-refractivity contribution < 1.29 is 4.79 Å². The van der Waals surface area contributed by atoms with Gasteiger partial charge in [-0.15, -0.1) is 5.10 Å². The highest BCUT2D eigenvalue weighted by Gasteiger charge is 2.25. The predicted molar refractivity (Wildman–Crippen MR) is 143 cm³/mol. The first kappa shape index (κ1) is 23.7. The number of para-hydroxylation sites is 1. The lowest BCUT2D eigenvalue weighted by Gasteiger charge is -2.19. The summed E-state index contributed by atoms with van der Waals surface area (Å²) in [7, 11) is 1.81. The zero-order chi connectivity index (χ0) is 27.1.